The van der Waals surface area contributed by atoms with Crippen molar-refractivity contribution in [3.63, 3.8) is 0 Å². The monoisotopic (exact) mass is 416 g/mol. The van der Waals surface area contributed by atoms with Gasteiger partial charge in [-0.25, -0.2) is 0 Å². The number of rotatable bonds is 8. The molecule has 8 nitrogen and oxygen atoms in total. The van der Waals surface area contributed by atoms with Crippen LogP contribution in [0.4, 0.5) is 0 Å². The zero-order chi connectivity index (χ0) is 21.5. The Balaban J connectivity index is 1.43. The Bertz CT molecular complexity index is 918. The van der Waals surface area contributed by atoms with Crippen molar-refractivity contribution in [2.24, 2.45) is 0 Å². The standard InChI is InChI=1S/C22H28N2O6/c1-15-10-18(25)21(13-29-15)30-14-22(26)23-17-6-8-24(9-7-17)12-16-4-5-19(27-2)20(11-16)28-3/h4-5,10-11,13,17H,6-9,12,14H2,1-3H3,(H,23,26). The molecule has 1 fully saturated rings. The van der Waals surface area contributed by atoms with Crippen LogP contribution in [-0.4, -0.2) is 50.8 Å². The van der Waals surface area contributed by atoms with Gasteiger partial charge in [-0.05, 0) is 37.5 Å². The molecule has 0 aliphatic carbocycles. The Morgan fingerprint density at radius 1 is 1.13 bits per heavy atom. The Morgan fingerprint density at radius 2 is 1.87 bits per heavy atom. The smallest absolute Gasteiger partial charge is 0.258 e. The molecule has 0 saturated carbocycles. The van der Waals surface area contributed by atoms with Crippen LogP contribution in [-0.2, 0) is 11.3 Å². The molecule has 0 bridgehead atoms. The van der Waals surface area contributed by atoms with Gasteiger partial charge in [-0.1, -0.05) is 6.07 Å². The first-order valence-corrected chi connectivity index (χ1v) is 9.93. The van der Waals surface area contributed by atoms with E-state index < -0.39 is 0 Å². The summed E-state index contributed by atoms with van der Waals surface area (Å²) in [7, 11) is 3.25. The lowest BCUT2D eigenvalue weighted by Crippen LogP contribution is -2.45. The Labute approximate surface area is 175 Å². The summed E-state index contributed by atoms with van der Waals surface area (Å²) in [5.41, 5.74) is 0.857. The van der Waals surface area contributed by atoms with Crippen molar-refractivity contribution in [1.29, 1.82) is 0 Å². The molecule has 0 radical (unpaired) electrons. The Hall–Kier alpha value is -3.00. The number of nitrogens with one attached hydrogen (secondary N) is 1. The lowest BCUT2D eigenvalue weighted by molar-refractivity contribution is -0.124. The predicted molar refractivity (Wildman–Crippen MR) is 111 cm³/mol. The third-order valence-electron chi connectivity index (χ3n) is 5.09. The number of hydrogen-bond acceptors (Lipinski definition) is 7. The maximum atomic E-state index is 12.2. The van der Waals surface area contributed by atoms with Crippen LogP contribution in [0.25, 0.3) is 0 Å². The highest BCUT2D eigenvalue weighted by atomic mass is 16.5. The third-order valence-corrected chi connectivity index (χ3v) is 5.09. The second-order valence-electron chi connectivity index (χ2n) is 7.32. The van der Waals surface area contributed by atoms with Gasteiger partial charge in [-0.2, -0.15) is 0 Å². The highest BCUT2D eigenvalue weighted by Crippen LogP contribution is 2.28. The quantitative estimate of drug-likeness (QED) is 0.705. The largest absolute Gasteiger partial charge is 0.493 e. The van der Waals surface area contributed by atoms with Gasteiger partial charge in [0.15, 0.2) is 18.1 Å². The lowest BCUT2D eigenvalue weighted by Gasteiger charge is -2.32. The molecule has 2 aromatic rings. The van der Waals surface area contributed by atoms with E-state index in [1.165, 1.54) is 12.3 Å². The number of amides is 1. The van der Waals surface area contributed by atoms with Crippen molar-refractivity contribution < 1.29 is 23.4 Å². The van der Waals surface area contributed by atoms with E-state index in [1.807, 2.05) is 18.2 Å². The fourth-order valence-corrected chi connectivity index (χ4v) is 3.48. The van der Waals surface area contributed by atoms with E-state index in [4.69, 9.17) is 18.6 Å². The van der Waals surface area contributed by atoms with Gasteiger partial charge in [0.1, 0.15) is 12.0 Å². The minimum atomic E-state index is -0.296. The molecular formula is C22H28N2O6. The summed E-state index contributed by atoms with van der Waals surface area (Å²) in [6, 6.07) is 7.37. The molecule has 1 amide bonds. The van der Waals surface area contributed by atoms with Gasteiger partial charge in [0, 0.05) is 31.7 Å². The average Bonchev–Trinajstić information content (AvgIpc) is 2.74. The molecule has 0 atom stereocenters. The van der Waals surface area contributed by atoms with Crippen LogP contribution in [0, 0.1) is 6.92 Å². The summed E-state index contributed by atoms with van der Waals surface area (Å²) < 4.78 is 21.1. The zero-order valence-electron chi connectivity index (χ0n) is 17.6. The topological polar surface area (TPSA) is 90.2 Å². The fraction of sp³-hybridized carbons (Fsp3) is 0.455. The van der Waals surface area contributed by atoms with E-state index in [1.54, 1.807) is 21.1 Å². The summed E-state index contributed by atoms with van der Waals surface area (Å²) >= 11 is 0. The van der Waals surface area contributed by atoms with E-state index >= 15 is 0 Å². The van der Waals surface area contributed by atoms with Gasteiger partial charge in [-0.3, -0.25) is 14.5 Å². The number of likely N-dealkylation sites (tertiary alicyclic amines) is 1. The second kappa shape index (κ2) is 10.2. The van der Waals surface area contributed by atoms with Crippen molar-refractivity contribution in [3.8, 4) is 17.2 Å². The van der Waals surface area contributed by atoms with Crippen LogP contribution in [0.3, 0.4) is 0 Å². The molecule has 2 heterocycles. The maximum absolute atomic E-state index is 12.2. The number of carbonyl (C=O) groups excluding carboxylic acids is 1. The predicted octanol–water partition coefficient (Wildman–Crippen LogP) is 2.13. The molecule has 8 heteroatoms. The first-order valence-electron chi connectivity index (χ1n) is 9.93. The number of benzene rings is 1. The molecule has 0 spiro atoms. The number of piperidine rings is 1. The van der Waals surface area contributed by atoms with Gasteiger partial charge in [0.05, 0.1) is 14.2 Å². The first kappa shape index (κ1) is 21.7. The molecule has 0 unspecified atom stereocenters. The molecule has 162 valence electrons. The summed E-state index contributed by atoms with van der Waals surface area (Å²) in [4.78, 5) is 26.3. The van der Waals surface area contributed by atoms with Crippen LogP contribution in [0.15, 0.2) is 39.7 Å². The maximum Gasteiger partial charge on any atom is 0.258 e. The van der Waals surface area contributed by atoms with Crippen molar-refractivity contribution in [3.05, 3.63) is 52.1 Å². The van der Waals surface area contributed by atoms with Crippen LogP contribution in [0.5, 0.6) is 17.2 Å². The third kappa shape index (κ3) is 5.76. The molecule has 3 rings (SSSR count). The highest BCUT2D eigenvalue weighted by Gasteiger charge is 2.21. The van der Waals surface area contributed by atoms with Crippen molar-refractivity contribution in [2.75, 3.05) is 33.9 Å². The summed E-state index contributed by atoms with van der Waals surface area (Å²) in [6.07, 6.45) is 2.94. The van der Waals surface area contributed by atoms with E-state index in [-0.39, 0.29) is 29.7 Å². The minimum absolute atomic E-state index is 0.0421. The van der Waals surface area contributed by atoms with Gasteiger partial charge in [0.25, 0.3) is 5.91 Å². The second-order valence-corrected chi connectivity index (χ2v) is 7.32. The molecule has 1 aliphatic rings. The van der Waals surface area contributed by atoms with Crippen LogP contribution in [0.2, 0.25) is 0 Å². The number of carbonyl (C=O) groups is 1. The van der Waals surface area contributed by atoms with Gasteiger partial charge < -0.3 is 23.9 Å². The van der Waals surface area contributed by atoms with Gasteiger partial charge in [-0.15, -0.1) is 0 Å². The lowest BCUT2D eigenvalue weighted by atomic mass is 10.0. The molecule has 1 aliphatic heterocycles. The summed E-state index contributed by atoms with van der Waals surface area (Å²) in [5.74, 6) is 1.73. The zero-order valence-corrected chi connectivity index (χ0v) is 17.6. The van der Waals surface area contributed by atoms with E-state index in [9.17, 15) is 9.59 Å². The number of methoxy groups -OCH3 is 2. The van der Waals surface area contributed by atoms with E-state index in [0.717, 1.165) is 43.8 Å². The van der Waals surface area contributed by atoms with Crippen molar-refractivity contribution >= 4 is 5.91 Å². The van der Waals surface area contributed by atoms with Gasteiger partial charge in [0.2, 0.25) is 11.2 Å². The molecule has 1 N–H and O–H groups in total. The normalized spacial score (nSPS) is 14.9. The molecule has 30 heavy (non-hydrogen) atoms. The van der Waals surface area contributed by atoms with Crippen LogP contribution >= 0.6 is 0 Å². The van der Waals surface area contributed by atoms with E-state index in [0.29, 0.717) is 11.5 Å². The molecular weight excluding hydrogens is 388 g/mol. The van der Waals surface area contributed by atoms with Crippen LogP contribution < -0.4 is 25.0 Å². The van der Waals surface area contributed by atoms with E-state index in [2.05, 4.69) is 10.2 Å². The number of aryl methyl sites for hydroxylation is 1. The average molecular weight is 416 g/mol. The fourth-order valence-electron chi connectivity index (χ4n) is 3.48. The molecule has 1 aromatic carbocycles. The molecule has 1 saturated heterocycles. The molecule has 1 aromatic heterocycles. The minimum Gasteiger partial charge on any atom is -0.493 e. The first-order chi connectivity index (χ1) is 14.5. The Morgan fingerprint density at radius 3 is 2.53 bits per heavy atom. The summed E-state index contributed by atoms with van der Waals surface area (Å²) in [5, 5.41) is 2.98. The Kier molecular flexibility index (Phi) is 7.35. The van der Waals surface area contributed by atoms with Gasteiger partial charge >= 0.3 is 0 Å². The van der Waals surface area contributed by atoms with Crippen LogP contribution in [0.1, 0.15) is 24.2 Å². The van der Waals surface area contributed by atoms with Crippen molar-refractivity contribution in [2.45, 2.75) is 32.4 Å². The van der Waals surface area contributed by atoms with Crippen molar-refractivity contribution in [1.82, 2.24) is 10.2 Å². The summed E-state index contributed by atoms with van der Waals surface area (Å²) in [6.45, 7) is 4.03. The highest BCUT2D eigenvalue weighted by molar-refractivity contribution is 5.77. The number of nitrogens with zero attached hydrogens (tertiary/aromatic N) is 1. The number of ether oxygens (including phenoxy) is 3. The number of hydrogen-bond donors (Lipinski definition) is 1. The SMILES string of the molecule is COc1ccc(CN2CCC(NC(=O)COc3coc(C)cc3=O)CC2)cc1OC.